The van der Waals surface area contributed by atoms with Crippen LogP contribution >= 0.6 is 23.4 Å². The van der Waals surface area contributed by atoms with Crippen molar-refractivity contribution < 1.29 is 14.0 Å². The molecular formula is C22H17ClFN5O2S. The molecule has 0 atom stereocenters. The van der Waals surface area contributed by atoms with Crippen LogP contribution in [0.1, 0.15) is 15.9 Å². The largest absolute Gasteiger partial charge is 0.325 e. The number of halogens is 2. The Morgan fingerprint density at radius 2 is 1.94 bits per heavy atom. The third-order valence-corrected chi connectivity index (χ3v) is 5.70. The van der Waals surface area contributed by atoms with Crippen molar-refractivity contribution >= 4 is 52.2 Å². The quantitative estimate of drug-likeness (QED) is 0.395. The minimum absolute atomic E-state index is 0.0897. The van der Waals surface area contributed by atoms with E-state index in [1.807, 2.05) is 13.0 Å². The number of rotatable bonds is 6. The van der Waals surface area contributed by atoms with Gasteiger partial charge in [-0.2, -0.15) is 0 Å². The standard InChI is InChI=1S/C22H17ClFN5O2S/c1-13-5-7-15(23)9-18(13)26-20(30)12-32-22-28-27-19-8-6-14(11-29(19)22)21(31)25-17-4-2-3-16(24)10-17/h2-11H,12H2,1H3,(H,25,31)(H,26,30). The van der Waals surface area contributed by atoms with Gasteiger partial charge in [-0.25, -0.2) is 4.39 Å². The highest BCUT2D eigenvalue weighted by molar-refractivity contribution is 7.99. The SMILES string of the molecule is Cc1ccc(Cl)cc1NC(=O)CSc1nnc2ccc(C(=O)Nc3cccc(F)c3)cn12. The summed E-state index contributed by atoms with van der Waals surface area (Å²) in [6, 6.07) is 14.2. The Labute approximate surface area is 192 Å². The lowest BCUT2D eigenvalue weighted by atomic mass is 10.2. The van der Waals surface area contributed by atoms with Gasteiger partial charge in [-0.05, 0) is 55.0 Å². The molecule has 7 nitrogen and oxygen atoms in total. The summed E-state index contributed by atoms with van der Waals surface area (Å²) in [6.07, 6.45) is 1.57. The van der Waals surface area contributed by atoms with E-state index < -0.39 is 11.7 Å². The number of fused-ring (bicyclic) bond motifs is 1. The highest BCUT2D eigenvalue weighted by atomic mass is 35.5. The lowest BCUT2D eigenvalue weighted by molar-refractivity contribution is -0.113. The van der Waals surface area contributed by atoms with Crippen LogP contribution in [0.3, 0.4) is 0 Å². The van der Waals surface area contributed by atoms with Crippen LogP contribution < -0.4 is 10.6 Å². The highest BCUT2D eigenvalue weighted by Crippen LogP contribution is 2.22. The summed E-state index contributed by atoms with van der Waals surface area (Å²) in [6.45, 7) is 1.88. The van der Waals surface area contributed by atoms with Crippen molar-refractivity contribution in [3.63, 3.8) is 0 Å². The van der Waals surface area contributed by atoms with Gasteiger partial charge in [-0.3, -0.25) is 14.0 Å². The third kappa shape index (κ3) is 5.06. The summed E-state index contributed by atoms with van der Waals surface area (Å²) < 4.78 is 15.0. The zero-order valence-corrected chi connectivity index (χ0v) is 18.4. The molecule has 0 saturated carbocycles. The Morgan fingerprint density at radius 1 is 1.09 bits per heavy atom. The molecule has 0 bridgehead atoms. The molecule has 0 aliphatic rings. The topological polar surface area (TPSA) is 88.4 Å². The molecule has 4 rings (SSSR count). The van der Waals surface area contributed by atoms with E-state index in [2.05, 4.69) is 20.8 Å². The Morgan fingerprint density at radius 3 is 2.75 bits per heavy atom. The van der Waals surface area contributed by atoms with Gasteiger partial charge in [-0.1, -0.05) is 35.5 Å². The van der Waals surface area contributed by atoms with E-state index in [-0.39, 0.29) is 11.7 Å². The van der Waals surface area contributed by atoms with Crippen molar-refractivity contribution in [3.8, 4) is 0 Å². The highest BCUT2D eigenvalue weighted by Gasteiger charge is 2.13. The zero-order chi connectivity index (χ0) is 22.7. The Hall–Kier alpha value is -3.43. The predicted molar refractivity (Wildman–Crippen MR) is 123 cm³/mol. The number of aryl methyl sites for hydroxylation is 1. The number of aromatic nitrogens is 3. The van der Waals surface area contributed by atoms with Crippen molar-refractivity contribution in [3.05, 3.63) is 82.8 Å². The lowest BCUT2D eigenvalue weighted by Gasteiger charge is -2.08. The van der Waals surface area contributed by atoms with Crippen LogP contribution in [0.15, 0.2) is 66.0 Å². The van der Waals surface area contributed by atoms with Crippen LogP contribution in [0.2, 0.25) is 5.02 Å². The monoisotopic (exact) mass is 469 g/mol. The molecule has 2 heterocycles. The number of benzene rings is 2. The second-order valence-electron chi connectivity index (χ2n) is 6.89. The van der Waals surface area contributed by atoms with Crippen molar-refractivity contribution in [2.45, 2.75) is 12.1 Å². The van der Waals surface area contributed by atoms with Gasteiger partial charge in [0, 0.05) is 22.6 Å². The van der Waals surface area contributed by atoms with E-state index >= 15 is 0 Å². The number of nitrogens with one attached hydrogen (secondary N) is 2. The molecule has 0 spiro atoms. The van der Waals surface area contributed by atoms with Gasteiger partial charge in [-0.15, -0.1) is 10.2 Å². The Bertz CT molecular complexity index is 1330. The summed E-state index contributed by atoms with van der Waals surface area (Å²) in [4.78, 5) is 24.9. The molecule has 162 valence electrons. The molecule has 2 aromatic heterocycles. The molecule has 4 aromatic rings. The van der Waals surface area contributed by atoms with E-state index in [1.54, 1.807) is 40.9 Å². The number of hydrogen-bond donors (Lipinski definition) is 2. The number of thioether (sulfide) groups is 1. The van der Waals surface area contributed by atoms with E-state index in [0.717, 1.165) is 5.56 Å². The van der Waals surface area contributed by atoms with Crippen LogP contribution in [0.25, 0.3) is 5.65 Å². The smallest absolute Gasteiger partial charge is 0.257 e. The van der Waals surface area contributed by atoms with E-state index in [0.29, 0.717) is 32.8 Å². The molecule has 10 heteroatoms. The van der Waals surface area contributed by atoms with E-state index in [1.165, 1.54) is 30.0 Å². The van der Waals surface area contributed by atoms with Crippen LogP contribution in [0, 0.1) is 12.7 Å². The first-order valence-corrected chi connectivity index (χ1v) is 10.9. The number of nitrogens with zero attached hydrogens (tertiary/aromatic N) is 3. The molecule has 0 fully saturated rings. The fraction of sp³-hybridized carbons (Fsp3) is 0.0909. The van der Waals surface area contributed by atoms with E-state index in [4.69, 9.17) is 11.6 Å². The minimum atomic E-state index is -0.443. The first-order valence-electron chi connectivity index (χ1n) is 9.49. The van der Waals surface area contributed by atoms with Crippen LogP contribution in [0.5, 0.6) is 0 Å². The molecule has 0 radical (unpaired) electrons. The van der Waals surface area contributed by atoms with Crippen molar-refractivity contribution in [1.29, 1.82) is 0 Å². The van der Waals surface area contributed by atoms with Gasteiger partial charge in [0.15, 0.2) is 10.8 Å². The minimum Gasteiger partial charge on any atom is -0.325 e. The molecule has 0 saturated heterocycles. The number of amides is 2. The Kier molecular flexibility index (Phi) is 6.38. The van der Waals surface area contributed by atoms with Crippen LogP contribution in [0.4, 0.5) is 15.8 Å². The van der Waals surface area contributed by atoms with Gasteiger partial charge in [0.2, 0.25) is 5.91 Å². The van der Waals surface area contributed by atoms with Gasteiger partial charge in [0.05, 0.1) is 11.3 Å². The Balaban J connectivity index is 1.46. The molecule has 2 aromatic carbocycles. The molecule has 2 amide bonds. The van der Waals surface area contributed by atoms with Crippen molar-refractivity contribution in [1.82, 2.24) is 14.6 Å². The van der Waals surface area contributed by atoms with Crippen molar-refractivity contribution in [2.24, 2.45) is 0 Å². The molecular weight excluding hydrogens is 453 g/mol. The fourth-order valence-electron chi connectivity index (χ4n) is 2.92. The van der Waals surface area contributed by atoms with Crippen molar-refractivity contribution in [2.75, 3.05) is 16.4 Å². The number of carbonyl (C=O) groups is 2. The number of pyridine rings is 1. The zero-order valence-electron chi connectivity index (χ0n) is 16.8. The maximum Gasteiger partial charge on any atom is 0.257 e. The van der Waals surface area contributed by atoms with Gasteiger partial charge < -0.3 is 10.6 Å². The van der Waals surface area contributed by atoms with Crippen LogP contribution in [-0.2, 0) is 4.79 Å². The normalized spacial score (nSPS) is 10.8. The maximum absolute atomic E-state index is 13.4. The fourth-order valence-corrected chi connectivity index (χ4v) is 3.81. The first-order chi connectivity index (χ1) is 15.4. The summed E-state index contributed by atoms with van der Waals surface area (Å²) >= 11 is 7.18. The predicted octanol–water partition coefficient (Wildman–Crippen LogP) is 4.81. The second-order valence-corrected chi connectivity index (χ2v) is 8.27. The second kappa shape index (κ2) is 9.37. The third-order valence-electron chi connectivity index (χ3n) is 4.52. The first kappa shape index (κ1) is 21.8. The molecule has 0 aliphatic heterocycles. The van der Waals surface area contributed by atoms with Crippen LogP contribution in [-0.4, -0.2) is 32.2 Å². The maximum atomic E-state index is 13.4. The summed E-state index contributed by atoms with van der Waals surface area (Å²) in [5.74, 6) is -0.984. The van der Waals surface area contributed by atoms with Gasteiger partial charge in [0.1, 0.15) is 5.82 Å². The summed E-state index contributed by atoms with van der Waals surface area (Å²) in [5.41, 5.74) is 2.75. The molecule has 0 aliphatic carbocycles. The van der Waals surface area contributed by atoms with E-state index in [9.17, 15) is 14.0 Å². The average Bonchev–Trinajstić information content (AvgIpc) is 3.17. The average molecular weight is 470 g/mol. The molecule has 32 heavy (non-hydrogen) atoms. The number of anilines is 2. The summed E-state index contributed by atoms with van der Waals surface area (Å²) in [7, 11) is 0. The molecule has 2 N–H and O–H groups in total. The summed E-state index contributed by atoms with van der Waals surface area (Å²) in [5, 5.41) is 14.6. The lowest BCUT2D eigenvalue weighted by Crippen LogP contribution is -2.15. The number of hydrogen-bond acceptors (Lipinski definition) is 5. The van der Waals surface area contributed by atoms with Gasteiger partial charge in [0.25, 0.3) is 5.91 Å². The van der Waals surface area contributed by atoms with Gasteiger partial charge >= 0.3 is 0 Å². The molecule has 0 unspecified atom stereocenters. The number of carbonyl (C=O) groups excluding carboxylic acids is 2.